The van der Waals surface area contributed by atoms with Crippen LogP contribution in [0.3, 0.4) is 0 Å². The van der Waals surface area contributed by atoms with Gasteiger partial charge in [0.25, 0.3) is 0 Å². The van der Waals surface area contributed by atoms with Crippen molar-refractivity contribution in [3.8, 4) is 11.1 Å². The van der Waals surface area contributed by atoms with Gasteiger partial charge in [0.15, 0.2) is 0 Å². The summed E-state index contributed by atoms with van der Waals surface area (Å²) in [5.41, 5.74) is 12.7. The summed E-state index contributed by atoms with van der Waals surface area (Å²) in [6, 6.07) is 73.4. The largest absolute Gasteiger partial charge is 0.309 e. The van der Waals surface area contributed by atoms with Crippen molar-refractivity contribution in [1.82, 2.24) is 0 Å². The summed E-state index contributed by atoms with van der Waals surface area (Å²) in [7, 11) is 0. The molecule has 51 heavy (non-hydrogen) atoms. The summed E-state index contributed by atoms with van der Waals surface area (Å²) in [4.78, 5) is 2.40. The normalized spacial score (nSPS) is 11.1. The van der Waals surface area contributed by atoms with E-state index in [2.05, 4.69) is 209 Å². The first-order valence-corrected chi connectivity index (χ1v) is 17.4. The number of para-hydroxylation sites is 4. The molecule has 0 saturated carbocycles. The van der Waals surface area contributed by atoms with E-state index in [1.165, 1.54) is 49.1 Å². The summed E-state index contributed by atoms with van der Waals surface area (Å²) in [5, 5.41) is 9.36. The molecule has 0 unspecified atom stereocenters. The second-order valence-corrected chi connectivity index (χ2v) is 12.7. The monoisotopic (exact) mass is 653 g/mol. The first-order valence-electron chi connectivity index (χ1n) is 17.4. The maximum atomic E-state index is 3.67. The maximum Gasteiger partial charge on any atom is 0.0630 e. The number of hydrazine groups is 1. The Bertz CT molecular complexity index is 2470. The van der Waals surface area contributed by atoms with Crippen LogP contribution < -0.4 is 15.3 Å². The highest BCUT2D eigenvalue weighted by atomic mass is 15.5. The van der Waals surface area contributed by atoms with Gasteiger partial charge in [-0.25, -0.2) is 0 Å². The molecule has 0 saturated heterocycles. The molecular weight excluding hydrogens is 619 g/mol. The Morgan fingerprint density at radius 2 is 0.745 bits per heavy atom. The summed E-state index contributed by atoms with van der Waals surface area (Å²) in [5.74, 6) is 0. The Morgan fingerprint density at radius 3 is 1.25 bits per heavy atom. The zero-order chi connectivity index (χ0) is 34.0. The Balaban J connectivity index is 1.18. The van der Waals surface area contributed by atoms with Crippen molar-refractivity contribution in [2.45, 2.75) is 0 Å². The molecule has 0 aliphatic heterocycles. The van der Waals surface area contributed by atoms with E-state index in [4.69, 9.17) is 0 Å². The topological polar surface area (TPSA) is 18.5 Å². The Hall–Kier alpha value is -6.84. The second-order valence-electron chi connectivity index (χ2n) is 12.7. The molecule has 0 aromatic heterocycles. The lowest BCUT2D eigenvalue weighted by molar-refractivity contribution is 1.16. The van der Waals surface area contributed by atoms with Crippen LogP contribution in [0, 0.1) is 0 Å². The van der Waals surface area contributed by atoms with Crippen LogP contribution in [-0.4, -0.2) is 0 Å². The number of anilines is 6. The smallest absolute Gasteiger partial charge is 0.0630 e. The van der Waals surface area contributed by atoms with Crippen LogP contribution in [0.4, 0.5) is 34.1 Å². The zero-order valence-electron chi connectivity index (χ0n) is 28.0. The predicted octanol–water partition coefficient (Wildman–Crippen LogP) is 13.4. The van der Waals surface area contributed by atoms with Crippen LogP contribution in [-0.2, 0) is 0 Å². The van der Waals surface area contributed by atoms with Gasteiger partial charge in [-0.2, -0.15) is 0 Å². The van der Waals surface area contributed by atoms with Gasteiger partial charge in [-0.1, -0.05) is 140 Å². The van der Waals surface area contributed by atoms with Gasteiger partial charge in [-0.05, 0) is 99.4 Å². The molecule has 0 aliphatic rings. The van der Waals surface area contributed by atoms with Crippen molar-refractivity contribution in [3.63, 3.8) is 0 Å². The average Bonchev–Trinajstić information content (AvgIpc) is 3.21. The van der Waals surface area contributed by atoms with E-state index >= 15 is 0 Å². The van der Waals surface area contributed by atoms with E-state index in [1.807, 2.05) is 12.1 Å². The minimum absolute atomic E-state index is 1.02. The highest BCUT2D eigenvalue weighted by Gasteiger charge is 2.22. The first kappa shape index (κ1) is 30.2. The fourth-order valence-electron chi connectivity index (χ4n) is 7.25. The number of nitrogens with one attached hydrogen (secondary N) is 1. The molecule has 1 N–H and O–H groups in total. The molecule has 0 spiro atoms. The Kier molecular flexibility index (Phi) is 7.84. The molecular formula is C48H35N3. The summed E-state index contributed by atoms with van der Waals surface area (Å²) < 4.78 is 0. The summed E-state index contributed by atoms with van der Waals surface area (Å²) in [6.07, 6.45) is 0. The van der Waals surface area contributed by atoms with E-state index < -0.39 is 0 Å². The van der Waals surface area contributed by atoms with Crippen molar-refractivity contribution in [2.75, 3.05) is 15.3 Å². The minimum Gasteiger partial charge on any atom is -0.309 e. The number of nitrogens with zero attached hydrogens (tertiary/aromatic N) is 2. The van der Waals surface area contributed by atoms with Crippen LogP contribution in [0.2, 0.25) is 0 Å². The van der Waals surface area contributed by atoms with Gasteiger partial charge in [-0.3, -0.25) is 10.4 Å². The van der Waals surface area contributed by atoms with E-state index in [0.717, 1.165) is 28.4 Å². The molecule has 0 bridgehead atoms. The van der Waals surface area contributed by atoms with Gasteiger partial charge in [-0.15, -0.1) is 0 Å². The minimum atomic E-state index is 1.02. The quantitative estimate of drug-likeness (QED) is 0.130. The summed E-state index contributed by atoms with van der Waals surface area (Å²) >= 11 is 0. The van der Waals surface area contributed by atoms with Crippen molar-refractivity contribution in [1.29, 1.82) is 0 Å². The molecule has 9 rings (SSSR count). The molecule has 3 heteroatoms. The Labute approximate surface area is 298 Å². The molecule has 0 radical (unpaired) electrons. The molecule has 0 aliphatic carbocycles. The van der Waals surface area contributed by atoms with E-state index in [1.54, 1.807) is 0 Å². The molecule has 9 aromatic carbocycles. The average molecular weight is 654 g/mol. The highest BCUT2D eigenvalue weighted by Crippen LogP contribution is 2.48. The van der Waals surface area contributed by atoms with Crippen LogP contribution in [0.25, 0.3) is 43.4 Å². The number of hydrogen-bond acceptors (Lipinski definition) is 3. The molecule has 9 aromatic rings. The molecule has 0 amide bonds. The van der Waals surface area contributed by atoms with Crippen molar-refractivity contribution < 1.29 is 0 Å². The lowest BCUT2D eigenvalue weighted by Crippen LogP contribution is -2.24. The molecule has 0 fully saturated rings. The van der Waals surface area contributed by atoms with E-state index in [9.17, 15) is 0 Å². The predicted molar refractivity (Wildman–Crippen MR) is 218 cm³/mol. The number of benzene rings is 9. The van der Waals surface area contributed by atoms with E-state index in [-0.39, 0.29) is 0 Å². The van der Waals surface area contributed by atoms with Crippen molar-refractivity contribution in [3.05, 3.63) is 206 Å². The van der Waals surface area contributed by atoms with Crippen LogP contribution in [0.15, 0.2) is 206 Å². The fourth-order valence-corrected chi connectivity index (χ4v) is 7.25. The third-order valence-corrected chi connectivity index (χ3v) is 9.55. The lowest BCUT2D eigenvalue weighted by Gasteiger charge is -2.29. The molecule has 0 atom stereocenters. The first-order chi connectivity index (χ1) is 25.3. The maximum absolute atomic E-state index is 3.67. The second kappa shape index (κ2) is 13.2. The number of rotatable bonds is 8. The van der Waals surface area contributed by atoms with E-state index in [0.29, 0.717) is 0 Å². The molecule has 242 valence electrons. The Morgan fingerprint density at radius 1 is 0.333 bits per heavy atom. The third-order valence-electron chi connectivity index (χ3n) is 9.55. The van der Waals surface area contributed by atoms with Gasteiger partial charge < -0.3 is 4.90 Å². The van der Waals surface area contributed by atoms with Crippen molar-refractivity contribution >= 4 is 66.4 Å². The van der Waals surface area contributed by atoms with Gasteiger partial charge in [0, 0.05) is 22.1 Å². The SMILES string of the molecule is c1ccc(N(Nc2ccc3cc(-c4c5ccccc5c(N(c5ccccc5)c5ccccc5)c5ccccc45)ccc3c2)c2ccccc2)cc1. The summed E-state index contributed by atoms with van der Waals surface area (Å²) in [6.45, 7) is 0. The van der Waals surface area contributed by atoms with Gasteiger partial charge in [0.05, 0.1) is 22.7 Å². The van der Waals surface area contributed by atoms with Crippen LogP contribution >= 0.6 is 0 Å². The molecule has 3 nitrogen and oxygen atoms in total. The zero-order valence-corrected chi connectivity index (χ0v) is 28.0. The highest BCUT2D eigenvalue weighted by molar-refractivity contribution is 6.22. The van der Waals surface area contributed by atoms with Gasteiger partial charge >= 0.3 is 0 Å². The van der Waals surface area contributed by atoms with Gasteiger partial charge in [0.2, 0.25) is 0 Å². The third kappa shape index (κ3) is 5.71. The van der Waals surface area contributed by atoms with Crippen LogP contribution in [0.1, 0.15) is 0 Å². The fraction of sp³-hybridized carbons (Fsp3) is 0. The lowest BCUT2D eigenvalue weighted by atomic mass is 9.89. The van der Waals surface area contributed by atoms with Crippen molar-refractivity contribution in [2.24, 2.45) is 0 Å². The standard InChI is InChI=1S/C48H35N3/c1-5-17-39(18-6-1)50(40-19-7-2-8-20-40)48-45-27-15-13-25-43(45)47(44-26-14-16-28-46(44)48)37-30-29-36-34-38(32-31-35(36)33-37)49-51(41-21-9-3-10-22-41)42-23-11-4-12-24-42/h1-34,49H. The number of hydrogen-bond donors (Lipinski definition) is 1. The van der Waals surface area contributed by atoms with Gasteiger partial charge in [0.1, 0.15) is 0 Å². The number of fused-ring (bicyclic) bond motifs is 3. The van der Waals surface area contributed by atoms with Crippen LogP contribution in [0.5, 0.6) is 0 Å². The molecule has 0 heterocycles.